The molecule has 0 atom stereocenters. The maximum absolute atomic E-state index is 14.7. The smallest absolute Gasteiger partial charge is 0.336 e. The third kappa shape index (κ3) is 4.45. The SMILES string of the molecule is CC(=O)Nc1ccc2c(CSc3nc4ccccc4c(=O)n3-c3ccccc3F)cc(=O)oc2c1. The summed E-state index contributed by atoms with van der Waals surface area (Å²) in [6, 6.07) is 19.3. The van der Waals surface area contributed by atoms with Crippen molar-refractivity contribution in [1.82, 2.24) is 9.55 Å². The Kier molecular flexibility index (Phi) is 5.92. The number of benzene rings is 3. The van der Waals surface area contributed by atoms with Crippen LogP contribution in [0.4, 0.5) is 10.1 Å². The van der Waals surface area contributed by atoms with Crippen molar-refractivity contribution in [3.63, 3.8) is 0 Å². The lowest BCUT2D eigenvalue weighted by molar-refractivity contribution is -0.114. The number of para-hydroxylation sites is 2. The number of carbonyl (C=O) groups is 1. The standard InChI is InChI=1S/C26H18FN3O4S/c1-15(31)28-17-10-11-18-16(12-24(32)34-23(18)13-17)14-35-26-29-21-8-4-2-6-19(21)25(33)30(26)22-9-5-3-7-20(22)27/h2-13H,14H2,1H3,(H,28,31). The van der Waals surface area contributed by atoms with E-state index in [1.807, 2.05) is 0 Å². The van der Waals surface area contributed by atoms with Crippen LogP contribution in [0.25, 0.3) is 27.6 Å². The number of halogens is 1. The fourth-order valence-electron chi connectivity index (χ4n) is 3.83. The molecule has 0 saturated carbocycles. The lowest BCUT2D eigenvalue weighted by Gasteiger charge is -2.14. The molecule has 0 fully saturated rings. The number of anilines is 1. The summed E-state index contributed by atoms with van der Waals surface area (Å²) >= 11 is 1.21. The minimum Gasteiger partial charge on any atom is -0.423 e. The summed E-state index contributed by atoms with van der Waals surface area (Å²) in [6.07, 6.45) is 0. The molecule has 1 amide bonds. The van der Waals surface area contributed by atoms with Crippen LogP contribution in [0.3, 0.4) is 0 Å². The fourth-order valence-corrected chi connectivity index (χ4v) is 4.82. The van der Waals surface area contributed by atoms with Gasteiger partial charge >= 0.3 is 5.63 Å². The van der Waals surface area contributed by atoms with Crippen molar-refractivity contribution in [3.8, 4) is 5.69 Å². The molecule has 5 rings (SSSR count). The Labute approximate surface area is 202 Å². The Morgan fingerprint density at radius 1 is 1.03 bits per heavy atom. The summed E-state index contributed by atoms with van der Waals surface area (Å²) in [5.74, 6) is -0.530. The number of carbonyl (C=O) groups excluding carboxylic acids is 1. The van der Waals surface area contributed by atoms with Crippen molar-refractivity contribution in [2.75, 3.05) is 5.32 Å². The van der Waals surface area contributed by atoms with Crippen LogP contribution in [-0.4, -0.2) is 15.5 Å². The maximum Gasteiger partial charge on any atom is 0.336 e. The number of nitrogens with zero attached hydrogens (tertiary/aromatic N) is 2. The Hall–Kier alpha value is -4.24. The molecule has 3 aromatic carbocycles. The first-order valence-electron chi connectivity index (χ1n) is 10.6. The van der Waals surface area contributed by atoms with Crippen LogP contribution in [0.1, 0.15) is 12.5 Å². The molecule has 0 spiro atoms. The van der Waals surface area contributed by atoms with Gasteiger partial charge < -0.3 is 9.73 Å². The topological polar surface area (TPSA) is 94.2 Å². The van der Waals surface area contributed by atoms with Crippen LogP contribution in [0.15, 0.2) is 92.0 Å². The minimum atomic E-state index is -0.551. The lowest BCUT2D eigenvalue weighted by atomic mass is 10.1. The Morgan fingerprint density at radius 2 is 1.80 bits per heavy atom. The molecule has 5 aromatic rings. The van der Waals surface area contributed by atoms with Gasteiger partial charge in [0.2, 0.25) is 5.91 Å². The second-order valence-electron chi connectivity index (χ2n) is 7.77. The second-order valence-corrected chi connectivity index (χ2v) is 8.72. The molecule has 0 bridgehead atoms. The van der Waals surface area contributed by atoms with Crippen molar-refractivity contribution in [2.24, 2.45) is 0 Å². The monoisotopic (exact) mass is 487 g/mol. The highest BCUT2D eigenvalue weighted by atomic mass is 32.2. The zero-order valence-corrected chi connectivity index (χ0v) is 19.3. The van der Waals surface area contributed by atoms with Gasteiger partial charge in [0.1, 0.15) is 11.4 Å². The van der Waals surface area contributed by atoms with Crippen LogP contribution in [0.5, 0.6) is 0 Å². The van der Waals surface area contributed by atoms with E-state index < -0.39 is 11.4 Å². The lowest BCUT2D eigenvalue weighted by Crippen LogP contribution is -2.22. The van der Waals surface area contributed by atoms with Crippen LogP contribution >= 0.6 is 11.8 Å². The number of rotatable bonds is 5. The van der Waals surface area contributed by atoms with Gasteiger partial charge in [-0.2, -0.15) is 0 Å². The highest BCUT2D eigenvalue weighted by Crippen LogP contribution is 2.29. The van der Waals surface area contributed by atoms with E-state index in [2.05, 4.69) is 10.3 Å². The highest BCUT2D eigenvalue weighted by molar-refractivity contribution is 7.98. The molecule has 1 N–H and O–H groups in total. The van der Waals surface area contributed by atoms with Crippen molar-refractivity contribution in [2.45, 2.75) is 17.8 Å². The Morgan fingerprint density at radius 3 is 2.60 bits per heavy atom. The first-order valence-corrected chi connectivity index (χ1v) is 11.6. The number of fused-ring (bicyclic) bond motifs is 2. The molecule has 0 unspecified atom stereocenters. The average molecular weight is 488 g/mol. The molecular formula is C26H18FN3O4S. The van der Waals surface area contributed by atoms with Gasteiger partial charge in [-0.3, -0.25) is 14.2 Å². The van der Waals surface area contributed by atoms with E-state index in [1.54, 1.807) is 54.6 Å². The van der Waals surface area contributed by atoms with Crippen molar-refractivity contribution >= 4 is 45.2 Å². The van der Waals surface area contributed by atoms with E-state index in [0.717, 1.165) is 0 Å². The zero-order valence-electron chi connectivity index (χ0n) is 18.4. The number of hydrogen-bond donors (Lipinski definition) is 1. The number of hydrogen-bond acceptors (Lipinski definition) is 6. The first-order chi connectivity index (χ1) is 16.9. The molecule has 0 aliphatic carbocycles. The molecule has 35 heavy (non-hydrogen) atoms. The van der Waals surface area contributed by atoms with E-state index in [1.165, 1.54) is 41.5 Å². The summed E-state index contributed by atoms with van der Waals surface area (Å²) in [7, 11) is 0. The molecule has 0 radical (unpaired) electrons. The molecule has 7 nitrogen and oxygen atoms in total. The number of nitrogens with one attached hydrogen (secondary N) is 1. The van der Waals surface area contributed by atoms with Crippen LogP contribution in [-0.2, 0) is 10.5 Å². The molecule has 174 valence electrons. The predicted molar refractivity (Wildman–Crippen MR) is 134 cm³/mol. The summed E-state index contributed by atoms with van der Waals surface area (Å²) in [5.41, 5.74) is 1.12. The van der Waals surface area contributed by atoms with Gasteiger partial charge in [-0.05, 0) is 42.0 Å². The van der Waals surface area contributed by atoms with Crippen LogP contribution in [0.2, 0.25) is 0 Å². The second kappa shape index (κ2) is 9.19. The van der Waals surface area contributed by atoms with Gasteiger partial charge in [0.05, 0.1) is 16.6 Å². The van der Waals surface area contributed by atoms with Crippen LogP contribution in [0, 0.1) is 5.82 Å². The maximum atomic E-state index is 14.7. The Balaban J connectivity index is 1.61. The van der Waals surface area contributed by atoms with E-state index in [-0.39, 0.29) is 28.1 Å². The largest absolute Gasteiger partial charge is 0.423 e. The highest BCUT2D eigenvalue weighted by Gasteiger charge is 2.17. The summed E-state index contributed by atoms with van der Waals surface area (Å²) in [5, 5.41) is 3.99. The van der Waals surface area contributed by atoms with Crippen LogP contribution < -0.4 is 16.5 Å². The van der Waals surface area contributed by atoms with Crippen molar-refractivity contribution in [1.29, 1.82) is 0 Å². The molecular weight excluding hydrogens is 469 g/mol. The number of thioether (sulfide) groups is 1. The molecule has 0 aliphatic heterocycles. The van der Waals surface area contributed by atoms with Gasteiger partial charge in [-0.1, -0.05) is 36.0 Å². The van der Waals surface area contributed by atoms with E-state index in [4.69, 9.17) is 4.42 Å². The van der Waals surface area contributed by atoms with E-state index in [9.17, 15) is 18.8 Å². The zero-order chi connectivity index (χ0) is 24.5. The fraction of sp³-hybridized carbons (Fsp3) is 0.0769. The molecule has 2 aromatic heterocycles. The number of aromatic nitrogens is 2. The van der Waals surface area contributed by atoms with Gasteiger partial charge in [0.15, 0.2) is 5.16 Å². The van der Waals surface area contributed by atoms with Gasteiger partial charge in [-0.15, -0.1) is 0 Å². The molecule has 2 heterocycles. The van der Waals surface area contributed by atoms with Crippen molar-refractivity contribution in [3.05, 3.63) is 105 Å². The third-order valence-corrected chi connectivity index (χ3v) is 6.33. The summed E-state index contributed by atoms with van der Waals surface area (Å²) in [6.45, 7) is 1.39. The van der Waals surface area contributed by atoms with Crippen molar-refractivity contribution < 1.29 is 13.6 Å². The molecule has 9 heteroatoms. The van der Waals surface area contributed by atoms with E-state index in [0.29, 0.717) is 33.1 Å². The first kappa shape index (κ1) is 22.5. The predicted octanol–water partition coefficient (Wildman–Crippen LogP) is 4.88. The van der Waals surface area contributed by atoms with E-state index >= 15 is 0 Å². The molecule has 0 aliphatic rings. The van der Waals surface area contributed by atoms with Gasteiger partial charge in [0, 0.05) is 35.9 Å². The Bertz CT molecular complexity index is 1730. The average Bonchev–Trinajstić information content (AvgIpc) is 2.83. The normalized spacial score (nSPS) is 11.1. The molecule has 0 saturated heterocycles. The van der Waals surface area contributed by atoms with Gasteiger partial charge in [0.25, 0.3) is 5.56 Å². The summed E-state index contributed by atoms with van der Waals surface area (Å²) in [4.78, 5) is 41.6. The van der Waals surface area contributed by atoms with Gasteiger partial charge in [-0.25, -0.2) is 14.2 Å². The summed E-state index contributed by atoms with van der Waals surface area (Å²) < 4.78 is 21.3. The third-order valence-electron chi connectivity index (χ3n) is 5.35. The quantitative estimate of drug-likeness (QED) is 0.216. The minimum absolute atomic E-state index is 0.0932. The number of amides is 1.